The van der Waals surface area contributed by atoms with E-state index in [2.05, 4.69) is 25.2 Å². The molecular weight excluding hydrogens is 252 g/mol. The third-order valence-corrected chi connectivity index (χ3v) is 3.33. The fourth-order valence-electron chi connectivity index (χ4n) is 2.02. The summed E-state index contributed by atoms with van der Waals surface area (Å²) in [5.41, 5.74) is 1.22. The molecule has 0 aliphatic rings. The van der Waals surface area contributed by atoms with Crippen molar-refractivity contribution in [3.8, 4) is 17.6 Å². The molecule has 4 nitrogen and oxygen atoms in total. The summed E-state index contributed by atoms with van der Waals surface area (Å²) < 4.78 is 10.6. The maximum Gasteiger partial charge on any atom is 0.127 e. The van der Waals surface area contributed by atoms with Gasteiger partial charge in [-0.3, -0.25) is 0 Å². The molecule has 0 heterocycles. The van der Waals surface area contributed by atoms with Crippen LogP contribution < -0.4 is 14.8 Å². The summed E-state index contributed by atoms with van der Waals surface area (Å²) in [6.45, 7) is 5.94. The van der Waals surface area contributed by atoms with Crippen LogP contribution >= 0.6 is 0 Å². The number of nitriles is 1. The maximum atomic E-state index is 8.65. The predicted molar refractivity (Wildman–Crippen MR) is 79.9 cm³/mol. The molecule has 0 amide bonds. The molecule has 0 fully saturated rings. The van der Waals surface area contributed by atoms with Crippen LogP contribution in [0, 0.1) is 16.7 Å². The number of nitrogens with zero attached hydrogens (tertiary/aromatic N) is 1. The molecule has 20 heavy (non-hydrogen) atoms. The molecule has 0 saturated heterocycles. The highest BCUT2D eigenvalue weighted by Crippen LogP contribution is 2.25. The van der Waals surface area contributed by atoms with E-state index in [1.807, 2.05) is 18.2 Å². The van der Waals surface area contributed by atoms with Gasteiger partial charge in [-0.2, -0.15) is 5.26 Å². The van der Waals surface area contributed by atoms with Gasteiger partial charge in [0.05, 0.1) is 20.3 Å². The second kappa shape index (κ2) is 7.76. The number of hydrogen-bond acceptors (Lipinski definition) is 4. The lowest BCUT2D eigenvalue weighted by molar-refractivity contribution is 0.316. The van der Waals surface area contributed by atoms with E-state index < -0.39 is 0 Å². The zero-order chi connectivity index (χ0) is 15.0. The van der Waals surface area contributed by atoms with Crippen molar-refractivity contribution in [3.05, 3.63) is 23.8 Å². The highest BCUT2D eigenvalue weighted by Gasteiger charge is 2.17. The van der Waals surface area contributed by atoms with Crippen LogP contribution in [0.25, 0.3) is 0 Å². The van der Waals surface area contributed by atoms with Gasteiger partial charge in [-0.15, -0.1) is 0 Å². The van der Waals surface area contributed by atoms with Crippen LogP contribution in [0.5, 0.6) is 11.5 Å². The number of rotatable bonds is 8. The Kier molecular flexibility index (Phi) is 6.33. The van der Waals surface area contributed by atoms with Crippen LogP contribution in [0.4, 0.5) is 0 Å². The summed E-state index contributed by atoms with van der Waals surface area (Å²) in [6, 6.07) is 8.03. The largest absolute Gasteiger partial charge is 0.497 e. The molecule has 0 bridgehead atoms. The van der Waals surface area contributed by atoms with Gasteiger partial charge < -0.3 is 14.8 Å². The molecular formula is C16H24N2O2. The Balaban J connectivity index is 2.55. The van der Waals surface area contributed by atoms with Gasteiger partial charge in [-0.1, -0.05) is 19.9 Å². The first-order chi connectivity index (χ1) is 9.52. The molecule has 110 valence electrons. The average Bonchev–Trinajstić information content (AvgIpc) is 2.45. The first-order valence-corrected chi connectivity index (χ1v) is 6.81. The van der Waals surface area contributed by atoms with Crippen LogP contribution in [-0.4, -0.2) is 20.8 Å². The van der Waals surface area contributed by atoms with E-state index in [-0.39, 0.29) is 5.41 Å². The molecule has 1 aromatic rings. The van der Waals surface area contributed by atoms with E-state index in [1.54, 1.807) is 14.2 Å². The zero-order valence-corrected chi connectivity index (χ0v) is 12.8. The molecule has 0 aliphatic carbocycles. The third kappa shape index (κ3) is 5.10. The van der Waals surface area contributed by atoms with Gasteiger partial charge in [-0.25, -0.2) is 0 Å². The number of ether oxygens (including phenoxy) is 2. The first-order valence-electron chi connectivity index (χ1n) is 6.81. The van der Waals surface area contributed by atoms with Crippen molar-refractivity contribution in [2.75, 3.05) is 20.8 Å². The molecule has 0 atom stereocenters. The predicted octanol–water partition coefficient (Wildman–Crippen LogP) is 3.12. The number of nitrogens with one attached hydrogen (secondary N) is 1. The van der Waals surface area contributed by atoms with Crippen molar-refractivity contribution < 1.29 is 9.47 Å². The fraction of sp³-hybridized carbons (Fsp3) is 0.562. The molecule has 0 aromatic heterocycles. The Labute approximate surface area is 121 Å². The summed E-state index contributed by atoms with van der Waals surface area (Å²) in [5, 5.41) is 12.1. The fourth-order valence-corrected chi connectivity index (χ4v) is 2.02. The van der Waals surface area contributed by atoms with Gasteiger partial charge in [0.1, 0.15) is 11.5 Å². The minimum atomic E-state index is 0.120. The first kappa shape index (κ1) is 16.3. The summed E-state index contributed by atoms with van der Waals surface area (Å²) >= 11 is 0. The van der Waals surface area contributed by atoms with Gasteiger partial charge >= 0.3 is 0 Å². The maximum absolute atomic E-state index is 8.65. The van der Waals surface area contributed by atoms with Gasteiger partial charge in [0.2, 0.25) is 0 Å². The van der Waals surface area contributed by atoms with Gasteiger partial charge in [0.25, 0.3) is 0 Å². The zero-order valence-electron chi connectivity index (χ0n) is 12.8. The number of benzene rings is 1. The summed E-state index contributed by atoms with van der Waals surface area (Å²) in [5.74, 6) is 1.62. The topological polar surface area (TPSA) is 54.3 Å². The van der Waals surface area contributed by atoms with Gasteiger partial charge in [0.15, 0.2) is 0 Å². The normalized spacial score (nSPS) is 10.9. The highest BCUT2D eigenvalue weighted by atomic mass is 16.5. The average molecular weight is 276 g/mol. The van der Waals surface area contributed by atoms with Crippen molar-refractivity contribution >= 4 is 0 Å². The van der Waals surface area contributed by atoms with E-state index in [4.69, 9.17) is 14.7 Å². The Morgan fingerprint density at radius 1 is 1.25 bits per heavy atom. The number of methoxy groups -OCH3 is 2. The van der Waals surface area contributed by atoms with Crippen molar-refractivity contribution in [2.24, 2.45) is 5.41 Å². The van der Waals surface area contributed by atoms with Gasteiger partial charge in [-0.05, 0) is 17.9 Å². The van der Waals surface area contributed by atoms with Crippen LogP contribution in [0.2, 0.25) is 0 Å². The Hall–Kier alpha value is -1.73. The molecule has 1 rings (SSSR count). The lowest BCUT2D eigenvalue weighted by Crippen LogP contribution is -2.29. The lowest BCUT2D eigenvalue weighted by atomic mass is 9.88. The smallest absolute Gasteiger partial charge is 0.127 e. The second-order valence-electron chi connectivity index (χ2n) is 5.60. The second-order valence-corrected chi connectivity index (χ2v) is 5.60. The Morgan fingerprint density at radius 3 is 2.60 bits per heavy atom. The van der Waals surface area contributed by atoms with Crippen LogP contribution in [0.1, 0.15) is 32.3 Å². The van der Waals surface area contributed by atoms with E-state index in [0.717, 1.165) is 36.6 Å². The minimum absolute atomic E-state index is 0.120. The molecule has 0 radical (unpaired) electrons. The Morgan fingerprint density at radius 2 is 2.00 bits per heavy atom. The van der Waals surface area contributed by atoms with Crippen molar-refractivity contribution in [3.63, 3.8) is 0 Å². The standard InChI is InChI=1S/C16H24N2O2/c1-16(2,8-5-9-17)12-18-11-13-6-7-14(19-3)10-15(13)20-4/h6-7,10,18H,5,8,11-12H2,1-4H3. The summed E-state index contributed by atoms with van der Waals surface area (Å²) in [7, 11) is 3.31. The molecule has 0 saturated carbocycles. The van der Waals surface area contributed by atoms with Crippen molar-refractivity contribution in [2.45, 2.75) is 33.2 Å². The van der Waals surface area contributed by atoms with Crippen LogP contribution in [0.3, 0.4) is 0 Å². The number of hydrogen-bond donors (Lipinski definition) is 1. The molecule has 1 aromatic carbocycles. The van der Waals surface area contributed by atoms with E-state index in [9.17, 15) is 0 Å². The summed E-state index contributed by atoms with van der Waals surface area (Å²) in [6.07, 6.45) is 1.50. The van der Waals surface area contributed by atoms with E-state index in [1.165, 1.54) is 0 Å². The third-order valence-electron chi connectivity index (χ3n) is 3.33. The monoisotopic (exact) mass is 276 g/mol. The molecule has 4 heteroatoms. The molecule has 0 unspecified atom stereocenters. The van der Waals surface area contributed by atoms with Crippen LogP contribution in [0.15, 0.2) is 18.2 Å². The van der Waals surface area contributed by atoms with Gasteiger partial charge in [0, 0.05) is 31.1 Å². The molecule has 0 spiro atoms. The lowest BCUT2D eigenvalue weighted by Gasteiger charge is -2.24. The summed E-state index contributed by atoms with van der Waals surface area (Å²) in [4.78, 5) is 0. The molecule has 0 aliphatic heterocycles. The molecule has 1 N–H and O–H groups in total. The minimum Gasteiger partial charge on any atom is -0.497 e. The van der Waals surface area contributed by atoms with Crippen molar-refractivity contribution in [1.82, 2.24) is 5.32 Å². The van der Waals surface area contributed by atoms with Crippen LogP contribution in [-0.2, 0) is 6.54 Å². The van der Waals surface area contributed by atoms with Crippen molar-refractivity contribution in [1.29, 1.82) is 5.26 Å². The highest BCUT2D eigenvalue weighted by molar-refractivity contribution is 5.40. The Bertz CT molecular complexity index is 464. The SMILES string of the molecule is COc1ccc(CNCC(C)(C)CCC#N)c(OC)c1. The quantitative estimate of drug-likeness (QED) is 0.792. The van der Waals surface area contributed by atoms with E-state index in [0.29, 0.717) is 6.42 Å². The van der Waals surface area contributed by atoms with E-state index >= 15 is 0 Å².